The molecule has 0 aromatic rings. The van der Waals surface area contributed by atoms with Crippen LogP contribution in [0.4, 0.5) is 0 Å². The Bertz CT molecular complexity index is 807. The van der Waals surface area contributed by atoms with Crippen LogP contribution >= 0.6 is 0 Å². The summed E-state index contributed by atoms with van der Waals surface area (Å²) in [4.78, 5) is 13.0. The van der Waals surface area contributed by atoms with Crippen molar-refractivity contribution in [3.05, 3.63) is 0 Å². The number of hydrogen-bond donors (Lipinski definition) is 2. The molecule has 4 aliphatic rings. The van der Waals surface area contributed by atoms with E-state index in [-0.39, 0.29) is 5.41 Å². The van der Waals surface area contributed by atoms with Crippen LogP contribution in [0.3, 0.4) is 0 Å². The number of carbonyl (C=O) groups is 1. The SMILES string of the molecule is CC1CC[C@@]2(C)C(CC[C@H]3[C@@H]4CC[C@H](C(=O)C(O)(O)OS(C)(=O)=O)[C@@]4(C)CC[C@@H]32)C1. The Morgan fingerprint density at radius 1 is 0.967 bits per heavy atom. The zero-order chi connectivity index (χ0) is 22.1. The first-order chi connectivity index (χ1) is 13.8. The summed E-state index contributed by atoms with van der Waals surface area (Å²) >= 11 is 0. The molecule has 7 heteroatoms. The largest absolute Gasteiger partial charge is 0.356 e. The van der Waals surface area contributed by atoms with Gasteiger partial charge in [-0.1, -0.05) is 27.2 Å². The molecule has 0 amide bonds. The lowest BCUT2D eigenvalue weighted by atomic mass is 9.44. The van der Waals surface area contributed by atoms with Gasteiger partial charge in [0.15, 0.2) is 0 Å². The summed E-state index contributed by atoms with van der Waals surface area (Å²) in [6.45, 7) is 7.00. The predicted molar refractivity (Wildman–Crippen MR) is 112 cm³/mol. The molecule has 0 aromatic carbocycles. The van der Waals surface area contributed by atoms with Crippen LogP contribution in [0.15, 0.2) is 0 Å². The highest BCUT2D eigenvalue weighted by Crippen LogP contribution is 2.68. The lowest BCUT2D eigenvalue weighted by Crippen LogP contribution is -2.55. The summed E-state index contributed by atoms with van der Waals surface area (Å²) in [6, 6.07) is 0. The zero-order valence-electron chi connectivity index (χ0n) is 18.8. The number of ketones is 1. The Morgan fingerprint density at radius 2 is 1.60 bits per heavy atom. The standard InChI is InChI=1S/C23H38O6S/c1-14-9-11-21(2)15(13-14)5-6-16-17-7-8-19(22(17,3)12-10-18(16)21)20(24)23(25,26)29-30(4,27)28/h14-19,25-26H,5-13H2,1-4H3/t14?,15?,16-,17-,18-,19+,21-,22-/m0/s1. The van der Waals surface area contributed by atoms with Gasteiger partial charge in [0.25, 0.3) is 10.1 Å². The van der Waals surface area contributed by atoms with Gasteiger partial charge in [-0.2, -0.15) is 8.42 Å². The van der Waals surface area contributed by atoms with Crippen LogP contribution in [0.2, 0.25) is 0 Å². The maximum atomic E-state index is 13.0. The molecule has 2 N–H and O–H groups in total. The minimum absolute atomic E-state index is 0.332. The molecule has 4 fully saturated rings. The lowest BCUT2D eigenvalue weighted by molar-refractivity contribution is -0.273. The van der Waals surface area contributed by atoms with E-state index in [9.17, 15) is 23.4 Å². The molecule has 0 aromatic heterocycles. The van der Waals surface area contributed by atoms with Crippen LogP contribution in [-0.2, 0) is 19.1 Å². The van der Waals surface area contributed by atoms with Crippen molar-refractivity contribution in [3.63, 3.8) is 0 Å². The fraction of sp³-hybridized carbons (Fsp3) is 0.957. The van der Waals surface area contributed by atoms with Crippen molar-refractivity contribution in [2.24, 2.45) is 46.3 Å². The number of fused-ring (bicyclic) bond motifs is 5. The first-order valence-corrected chi connectivity index (χ1v) is 13.5. The minimum Gasteiger partial charge on any atom is -0.336 e. The molecule has 2 unspecified atom stereocenters. The van der Waals surface area contributed by atoms with Crippen LogP contribution in [0.5, 0.6) is 0 Å². The molecular formula is C23H38O6S. The van der Waals surface area contributed by atoms with Gasteiger partial charge < -0.3 is 10.2 Å². The topological polar surface area (TPSA) is 101 Å². The average molecular weight is 443 g/mol. The number of hydrogen-bond acceptors (Lipinski definition) is 6. The summed E-state index contributed by atoms with van der Waals surface area (Å²) < 4.78 is 27.2. The Labute approximate surface area is 180 Å². The van der Waals surface area contributed by atoms with Crippen LogP contribution in [-0.4, -0.2) is 36.6 Å². The van der Waals surface area contributed by atoms with E-state index < -0.39 is 27.8 Å². The zero-order valence-corrected chi connectivity index (χ0v) is 19.6. The fourth-order valence-electron chi connectivity index (χ4n) is 8.38. The van der Waals surface area contributed by atoms with Gasteiger partial charge in [0.1, 0.15) is 0 Å². The number of rotatable bonds is 4. The van der Waals surface area contributed by atoms with Crippen molar-refractivity contribution in [1.82, 2.24) is 0 Å². The van der Waals surface area contributed by atoms with Crippen molar-refractivity contribution < 1.29 is 27.6 Å². The highest BCUT2D eigenvalue weighted by Gasteiger charge is 2.63. The second-order valence-corrected chi connectivity index (χ2v) is 13.0. The van der Waals surface area contributed by atoms with Crippen LogP contribution in [0, 0.1) is 46.3 Å². The fourth-order valence-corrected chi connectivity index (χ4v) is 8.89. The Morgan fingerprint density at radius 3 is 2.27 bits per heavy atom. The van der Waals surface area contributed by atoms with Gasteiger partial charge in [-0.25, -0.2) is 4.18 Å². The third-order valence-corrected chi connectivity index (χ3v) is 10.4. The first kappa shape index (κ1) is 22.7. The van der Waals surface area contributed by atoms with E-state index >= 15 is 0 Å². The maximum absolute atomic E-state index is 13.0. The van der Waals surface area contributed by atoms with Gasteiger partial charge in [-0.3, -0.25) is 4.79 Å². The van der Waals surface area contributed by atoms with E-state index in [1.807, 2.05) is 0 Å². The molecular weight excluding hydrogens is 404 g/mol. The van der Waals surface area contributed by atoms with E-state index in [0.29, 0.717) is 29.6 Å². The van der Waals surface area contributed by atoms with Crippen molar-refractivity contribution in [1.29, 1.82) is 0 Å². The molecule has 0 aliphatic heterocycles. The van der Waals surface area contributed by atoms with E-state index in [2.05, 4.69) is 25.0 Å². The van der Waals surface area contributed by atoms with Crippen molar-refractivity contribution in [2.45, 2.75) is 84.5 Å². The van der Waals surface area contributed by atoms with Gasteiger partial charge >= 0.3 is 5.97 Å². The Balaban J connectivity index is 1.56. The number of Topliss-reactive ketones (excluding diaryl/α,β-unsaturated/α-hetero) is 1. The molecule has 172 valence electrons. The number of aliphatic hydroxyl groups is 2. The highest BCUT2D eigenvalue weighted by molar-refractivity contribution is 7.86. The molecule has 0 spiro atoms. The molecule has 30 heavy (non-hydrogen) atoms. The van der Waals surface area contributed by atoms with Gasteiger partial charge in [-0.15, -0.1) is 0 Å². The Kier molecular flexibility index (Phi) is 5.49. The normalized spacial score (nSPS) is 46.6. The van der Waals surface area contributed by atoms with Gasteiger partial charge in [0.05, 0.1) is 6.26 Å². The molecule has 4 aliphatic carbocycles. The molecule has 4 saturated carbocycles. The summed E-state index contributed by atoms with van der Waals surface area (Å²) in [6.07, 6.45) is 10.5. The lowest BCUT2D eigenvalue weighted by Gasteiger charge is -2.61. The summed E-state index contributed by atoms with van der Waals surface area (Å²) in [5.74, 6) is -1.53. The molecule has 0 saturated heterocycles. The van der Waals surface area contributed by atoms with E-state index in [0.717, 1.165) is 37.4 Å². The monoisotopic (exact) mass is 442 g/mol. The van der Waals surface area contributed by atoms with Crippen molar-refractivity contribution in [2.75, 3.05) is 6.26 Å². The maximum Gasteiger partial charge on any atom is 0.356 e. The molecule has 0 bridgehead atoms. The van der Waals surface area contributed by atoms with Gasteiger partial charge in [-0.05, 0) is 91.8 Å². The molecule has 4 rings (SSSR count). The first-order valence-electron chi connectivity index (χ1n) is 11.7. The summed E-state index contributed by atoms with van der Waals surface area (Å²) in [5.41, 5.74) is 0.0525. The highest BCUT2D eigenvalue weighted by atomic mass is 32.2. The summed E-state index contributed by atoms with van der Waals surface area (Å²) in [5, 5.41) is 20.3. The van der Waals surface area contributed by atoms with E-state index in [4.69, 9.17) is 0 Å². The predicted octanol–water partition coefficient (Wildman–Crippen LogP) is 3.47. The van der Waals surface area contributed by atoms with E-state index in [1.54, 1.807) is 0 Å². The second-order valence-electron chi connectivity index (χ2n) is 11.5. The van der Waals surface area contributed by atoms with Gasteiger partial charge in [0, 0.05) is 5.92 Å². The third-order valence-electron chi connectivity index (χ3n) is 9.83. The second kappa shape index (κ2) is 7.26. The van der Waals surface area contributed by atoms with E-state index in [1.165, 1.54) is 32.1 Å². The minimum atomic E-state index is -4.17. The van der Waals surface area contributed by atoms with Crippen molar-refractivity contribution in [3.8, 4) is 0 Å². The molecule has 8 atom stereocenters. The molecule has 0 radical (unpaired) electrons. The van der Waals surface area contributed by atoms with Crippen molar-refractivity contribution >= 4 is 15.9 Å². The number of carbonyl (C=O) groups excluding carboxylic acids is 1. The Hall–Kier alpha value is -0.500. The van der Waals surface area contributed by atoms with Gasteiger partial charge in [0.2, 0.25) is 5.78 Å². The quantitative estimate of drug-likeness (QED) is 0.511. The smallest absolute Gasteiger partial charge is 0.336 e. The molecule has 6 nitrogen and oxygen atoms in total. The molecule has 0 heterocycles. The van der Waals surface area contributed by atoms with Crippen LogP contribution < -0.4 is 0 Å². The average Bonchev–Trinajstić information content (AvgIpc) is 2.96. The van der Waals surface area contributed by atoms with Crippen LogP contribution in [0.1, 0.15) is 78.6 Å². The van der Waals surface area contributed by atoms with Crippen LogP contribution in [0.25, 0.3) is 0 Å². The summed E-state index contributed by atoms with van der Waals surface area (Å²) in [7, 11) is -4.17. The third kappa shape index (κ3) is 3.57.